The van der Waals surface area contributed by atoms with Crippen LogP contribution in [0.4, 0.5) is 35.7 Å². The normalized spacial score (nSPS) is 12.1. The second-order valence-corrected chi connectivity index (χ2v) is 38.6. The molecule has 0 radical (unpaired) electrons. The summed E-state index contributed by atoms with van der Waals surface area (Å²) in [4.78, 5) is 84.5. The maximum Gasteiger partial charge on any atom is 0.232 e. The number of carbonyl (C=O) groups excluding carboxylic acids is 3. The molecule has 34 heteroatoms. The fourth-order valence-electron chi connectivity index (χ4n) is 15.1. The first-order valence-electron chi connectivity index (χ1n) is 45.0. The van der Waals surface area contributed by atoms with Crippen molar-refractivity contribution in [2.45, 2.75) is 248 Å². The maximum atomic E-state index is 13.7. The molecular formula is C94H130Cl3N25O6. The van der Waals surface area contributed by atoms with Gasteiger partial charge in [-0.3, -0.25) is 14.4 Å². The largest absolute Gasteiger partial charge is 0.505 e. The minimum absolute atomic E-state index is 0.0204. The van der Waals surface area contributed by atoms with Gasteiger partial charge < -0.3 is 66.8 Å². The number of rotatable bonds is 45. The number of aryl methyl sites for hydroxylation is 3. The van der Waals surface area contributed by atoms with E-state index in [2.05, 4.69) is 145 Å². The van der Waals surface area contributed by atoms with Crippen LogP contribution in [0, 0.1) is 0 Å². The molecule has 0 spiro atoms. The molecular weight excluding hydrogens is 1680 g/mol. The summed E-state index contributed by atoms with van der Waals surface area (Å²) in [6.07, 6.45) is 9.53. The van der Waals surface area contributed by atoms with Crippen molar-refractivity contribution in [3.05, 3.63) is 139 Å². The number of hydrogen-bond acceptors (Lipinski definition) is 25. The van der Waals surface area contributed by atoms with Gasteiger partial charge in [0.25, 0.3) is 0 Å². The molecule has 5 aromatic heterocycles. The third-order valence-corrected chi connectivity index (χ3v) is 23.3. The van der Waals surface area contributed by atoms with Crippen LogP contribution in [-0.4, -0.2) is 209 Å². The number of amides is 3. The van der Waals surface area contributed by atoms with Crippen molar-refractivity contribution in [3.63, 3.8) is 0 Å². The average Bonchev–Trinajstić information content (AvgIpc) is 1.57. The number of unbranched alkanes of at least 4 members (excludes halogenated alkanes) is 6. The molecule has 3 amide bonds. The summed E-state index contributed by atoms with van der Waals surface area (Å²) in [5.74, 6) is 2.37. The highest BCUT2D eigenvalue weighted by Crippen LogP contribution is 2.41. The first-order chi connectivity index (χ1) is 60.7. The summed E-state index contributed by atoms with van der Waals surface area (Å²) in [5, 5.41) is 83.6. The number of phenols is 3. The molecule has 0 unspecified atom stereocenters. The second kappa shape index (κ2) is 43.9. The average molecular weight is 1810 g/mol. The first-order valence-corrected chi connectivity index (χ1v) is 46.1. The van der Waals surface area contributed by atoms with Crippen LogP contribution in [0.25, 0.3) is 50.2 Å². The van der Waals surface area contributed by atoms with Crippen LogP contribution in [-0.2, 0) is 49.9 Å². The van der Waals surface area contributed by atoms with Crippen molar-refractivity contribution in [3.8, 4) is 34.3 Å². The maximum absolute atomic E-state index is 13.7. The van der Waals surface area contributed by atoms with Gasteiger partial charge in [-0.1, -0.05) is 141 Å². The number of hydrogen-bond donors (Lipinski definition) is 9. The number of anilines is 6. The van der Waals surface area contributed by atoms with E-state index in [1.54, 1.807) is 54.6 Å². The second-order valence-electron chi connectivity index (χ2n) is 37.3. The zero-order valence-electron chi connectivity index (χ0n) is 77.6. The topological polar surface area (TPSA) is 367 Å². The van der Waals surface area contributed by atoms with Gasteiger partial charge in [-0.2, -0.15) is 29.9 Å². The Kier molecular flexibility index (Phi) is 33.4. The molecule has 5 heterocycles. The molecule has 6 aromatic carbocycles. The van der Waals surface area contributed by atoms with Crippen molar-refractivity contribution in [2.75, 3.05) is 103 Å². The summed E-state index contributed by atoms with van der Waals surface area (Å²) in [7, 11) is 2.18. The van der Waals surface area contributed by atoms with Crippen LogP contribution in [0.15, 0.2) is 91.0 Å². The quantitative estimate of drug-likeness (QED) is 0.0160. The third-order valence-electron chi connectivity index (χ3n) is 22.6. The number of aromatic nitrogens is 15. The summed E-state index contributed by atoms with van der Waals surface area (Å²) in [6, 6.07) is 27.7. The molecule has 0 aliphatic carbocycles. The van der Waals surface area contributed by atoms with Crippen molar-refractivity contribution in [1.82, 2.24) is 95.7 Å². The highest BCUT2D eigenvalue weighted by atomic mass is 35.5. The number of phenolic OH excluding ortho intramolecular Hbond substituents is 3. The molecule has 31 nitrogen and oxygen atoms in total. The van der Waals surface area contributed by atoms with E-state index in [9.17, 15) is 29.7 Å². The lowest BCUT2D eigenvalue weighted by atomic mass is 9.84. The zero-order chi connectivity index (χ0) is 92.5. The Morgan fingerprint density at radius 2 is 0.625 bits per heavy atom. The minimum Gasteiger partial charge on any atom is -0.505 e. The van der Waals surface area contributed by atoms with Crippen LogP contribution in [0.5, 0.6) is 17.2 Å². The van der Waals surface area contributed by atoms with Gasteiger partial charge >= 0.3 is 0 Å². The molecule has 11 aromatic rings. The molecule has 9 N–H and O–H groups in total. The van der Waals surface area contributed by atoms with E-state index in [-0.39, 0.29) is 98.5 Å². The summed E-state index contributed by atoms with van der Waals surface area (Å²) in [5.41, 5.74) is 8.20. The summed E-state index contributed by atoms with van der Waals surface area (Å²) >= 11 is 18.9. The number of carbonyl (C=O) groups is 3. The number of fused-ring (bicyclic) bond motifs is 3. The molecule has 0 aliphatic heterocycles. The predicted molar refractivity (Wildman–Crippen MR) is 514 cm³/mol. The molecule has 0 saturated heterocycles. The van der Waals surface area contributed by atoms with E-state index >= 15 is 0 Å². The zero-order valence-corrected chi connectivity index (χ0v) is 79.9. The van der Waals surface area contributed by atoms with Crippen molar-refractivity contribution in [1.29, 1.82) is 0 Å². The Balaban J connectivity index is 0.738. The predicted octanol–water partition coefficient (Wildman–Crippen LogP) is 16.5. The van der Waals surface area contributed by atoms with Gasteiger partial charge in [0, 0.05) is 134 Å². The molecule has 0 atom stereocenters. The van der Waals surface area contributed by atoms with Gasteiger partial charge in [-0.25, -0.2) is 0 Å². The SMILES string of the molecule is CC(C)N(C)CCCCCCN(c1nc(NCCNC(=O)CCc2cc(-n3nc4ccc(Cl)cc4n3)c(O)c(C(C)(C)C)c2)nc(N(CCCCCCN(c2nc(NCCNC(=O)CCc3cc(-n4nc5ccc(Cl)cc5n4)c(O)c(C(C)(C)C)c3)nc(NCCNC(=O)CCc3cc(-n4nc5ccc(Cl)cc5n4)c(O)c(C(C)(C)C)c3)n2)C(C)C)C(C)C)n1)C(C)C. The Hall–Kier alpha value is -11.0. The van der Waals surface area contributed by atoms with Crippen LogP contribution in [0.2, 0.25) is 15.1 Å². The van der Waals surface area contributed by atoms with E-state index in [0.717, 1.165) is 86.7 Å². The Morgan fingerprint density at radius 1 is 0.352 bits per heavy atom. The lowest BCUT2D eigenvalue weighted by Gasteiger charge is -2.31. The Labute approximate surface area is 767 Å². The number of nitrogens with zero attached hydrogens (tertiary/aromatic N) is 19. The molecule has 0 fully saturated rings. The first kappa shape index (κ1) is 97.6. The van der Waals surface area contributed by atoms with Crippen LogP contribution in [0.1, 0.15) is 222 Å². The van der Waals surface area contributed by atoms with Gasteiger partial charge in [0.15, 0.2) is 0 Å². The highest BCUT2D eigenvalue weighted by Gasteiger charge is 2.30. The van der Waals surface area contributed by atoms with E-state index < -0.39 is 16.2 Å². The molecule has 11 rings (SSSR count). The van der Waals surface area contributed by atoms with Crippen LogP contribution >= 0.6 is 34.8 Å². The summed E-state index contributed by atoms with van der Waals surface area (Å²) in [6.45, 7) is 40.4. The standard InChI is InChI=1S/C94H130Cl3N25O6/c1-58(2)116(18)45-23-19-20-24-47-118(60(5)6)90-107-88(103-44-41-100-82(125)38-29-64-51-70(94(15,16)17)85(128)79(54-64)122-112-73-35-32-67(97)57-76(73)115-122)108-91(109-90)119(61(7)8)48-26-22-21-25-46-117(59(3)4)89-105-86(101-42-39-98-80(123)36-27-62-49-68(92(9,10)11)83(126)77(52-62)120-110-71-33-30-65(95)55-74(71)113-120)104-87(106-89)102-43-40-99-81(124)37-28-63-50-69(93(12,13)14)84(127)78(53-63)121-111-72-34-31-66(96)56-75(72)114-121/h30-35,49-61,126-128H,19-29,36-48H2,1-18H3,(H,98,123)(H,99,124)(H,100,125)(H,103,107,108,109)(H2,101,102,104,105,106). The van der Waals surface area contributed by atoms with E-state index in [4.69, 9.17) is 64.7 Å². The van der Waals surface area contributed by atoms with E-state index in [1.165, 1.54) is 14.4 Å². The van der Waals surface area contributed by atoms with Gasteiger partial charge in [0.05, 0.1) is 0 Å². The number of halogens is 3. The summed E-state index contributed by atoms with van der Waals surface area (Å²) < 4.78 is 0. The number of nitrogens with one attached hydrogen (secondary N) is 6. The van der Waals surface area contributed by atoms with E-state index in [1.807, 2.05) is 98.7 Å². The Morgan fingerprint density at radius 3 is 0.906 bits per heavy atom. The molecule has 128 heavy (non-hydrogen) atoms. The number of benzene rings is 6. The molecule has 0 aliphatic rings. The lowest BCUT2D eigenvalue weighted by Crippen LogP contribution is -2.37. The molecule has 688 valence electrons. The lowest BCUT2D eigenvalue weighted by molar-refractivity contribution is -0.121. The van der Waals surface area contributed by atoms with Gasteiger partial charge in [-0.05, 0) is 220 Å². The third kappa shape index (κ3) is 26.8. The van der Waals surface area contributed by atoms with Crippen LogP contribution in [0.3, 0.4) is 0 Å². The monoisotopic (exact) mass is 1810 g/mol. The van der Waals surface area contributed by atoms with E-state index in [0.29, 0.717) is 164 Å². The van der Waals surface area contributed by atoms with Crippen molar-refractivity contribution in [2.24, 2.45) is 0 Å². The molecule has 0 saturated carbocycles. The minimum atomic E-state index is -0.442. The fourth-order valence-corrected chi connectivity index (χ4v) is 15.6. The Bertz CT molecular complexity index is 5430. The highest BCUT2D eigenvalue weighted by molar-refractivity contribution is 6.32. The molecule has 0 bridgehead atoms. The number of aromatic hydroxyl groups is 3. The van der Waals surface area contributed by atoms with Gasteiger partial charge in [-0.15, -0.1) is 45.0 Å². The van der Waals surface area contributed by atoms with Crippen LogP contribution < -0.4 is 46.6 Å². The van der Waals surface area contributed by atoms with Crippen molar-refractivity contribution < 1.29 is 29.7 Å². The van der Waals surface area contributed by atoms with Gasteiger partial charge in [0.1, 0.15) is 67.4 Å². The smallest absolute Gasteiger partial charge is 0.232 e. The fraction of sp³-hybridized carbons (Fsp3) is 0.521. The van der Waals surface area contributed by atoms with Gasteiger partial charge in [0.2, 0.25) is 53.4 Å². The van der Waals surface area contributed by atoms with Crippen molar-refractivity contribution >= 4 is 121 Å².